The number of piperidine rings is 1. The highest BCUT2D eigenvalue weighted by Crippen LogP contribution is 2.40. The van der Waals surface area contributed by atoms with Crippen LogP contribution in [0.4, 0.5) is 4.79 Å². The van der Waals surface area contributed by atoms with Gasteiger partial charge in [0.1, 0.15) is 5.60 Å². The molecule has 1 aromatic rings. The zero-order valence-corrected chi connectivity index (χ0v) is 15.2. The molecule has 4 rings (SSSR count). The molecule has 25 heavy (non-hydrogen) atoms. The van der Waals surface area contributed by atoms with Crippen molar-refractivity contribution >= 4 is 12.0 Å². The molecule has 0 N–H and O–H groups in total. The second kappa shape index (κ2) is 5.75. The van der Waals surface area contributed by atoms with Crippen LogP contribution in [-0.4, -0.2) is 45.5 Å². The Bertz CT molecular complexity index is 695. The van der Waals surface area contributed by atoms with Crippen molar-refractivity contribution in [1.29, 1.82) is 0 Å². The van der Waals surface area contributed by atoms with Crippen LogP contribution in [0.5, 0.6) is 0 Å². The van der Waals surface area contributed by atoms with E-state index < -0.39 is 5.60 Å². The second-order valence-electron chi connectivity index (χ2n) is 8.49. The van der Waals surface area contributed by atoms with E-state index in [4.69, 9.17) is 4.74 Å². The van der Waals surface area contributed by atoms with Gasteiger partial charge in [-0.25, -0.2) is 4.79 Å². The molecule has 0 aromatic heterocycles. The van der Waals surface area contributed by atoms with E-state index in [2.05, 4.69) is 0 Å². The SMILES string of the molecule is CC(C)(C)OC(=O)N1C2CCC1CC(N1Cc3ccccc3C1=O)C2. The predicted molar refractivity (Wildman–Crippen MR) is 94.2 cm³/mol. The number of hydrogen-bond donors (Lipinski definition) is 0. The van der Waals surface area contributed by atoms with Gasteiger partial charge in [-0.1, -0.05) is 18.2 Å². The van der Waals surface area contributed by atoms with Gasteiger partial charge in [-0.3, -0.25) is 4.79 Å². The van der Waals surface area contributed by atoms with Crippen molar-refractivity contribution in [2.24, 2.45) is 0 Å². The first-order chi connectivity index (χ1) is 11.8. The summed E-state index contributed by atoms with van der Waals surface area (Å²) in [4.78, 5) is 29.3. The van der Waals surface area contributed by atoms with Crippen LogP contribution in [0.15, 0.2) is 24.3 Å². The van der Waals surface area contributed by atoms with Crippen LogP contribution in [0.1, 0.15) is 62.4 Å². The second-order valence-corrected chi connectivity index (χ2v) is 8.49. The molecule has 2 bridgehead atoms. The van der Waals surface area contributed by atoms with E-state index >= 15 is 0 Å². The van der Waals surface area contributed by atoms with E-state index in [-0.39, 0.29) is 30.1 Å². The zero-order chi connectivity index (χ0) is 17.8. The van der Waals surface area contributed by atoms with Crippen molar-refractivity contribution in [3.8, 4) is 0 Å². The van der Waals surface area contributed by atoms with Gasteiger partial charge in [-0.15, -0.1) is 0 Å². The lowest BCUT2D eigenvalue weighted by atomic mass is 9.96. The first-order valence-corrected chi connectivity index (χ1v) is 9.23. The highest BCUT2D eigenvalue weighted by molar-refractivity contribution is 5.98. The highest BCUT2D eigenvalue weighted by atomic mass is 16.6. The van der Waals surface area contributed by atoms with Gasteiger partial charge in [0.05, 0.1) is 0 Å². The van der Waals surface area contributed by atoms with Gasteiger partial charge >= 0.3 is 6.09 Å². The number of benzene rings is 1. The van der Waals surface area contributed by atoms with Crippen LogP contribution in [0.3, 0.4) is 0 Å². The maximum atomic E-state index is 12.8. The number of carbonyl (C=O) groups is 2. The molecule has 3 heterocycles. The van der Waals surface area contributed by atoms with Crippen LogP contribution < -0.4 is 0 Å². The van der Waals surface area contributed by atoms with Gasteiger partial charge in [0.15, 0.2) is 0 Å². The van der Waals surface area contributed by atoms with E-state index in [0.717, 1.165) is 36.8 Å². The van der Waals surface area contributed by atoms with Crippen molar-refractivity contribution in [3.63, 3.8) is 0 Å². The van der Waals surface area contributed by atoms with Crippen LogP contribution in [0, 0.1) is 0 Å². The van der Waals surface area contributed by atoms with Crippen LogP contribution in [0.2, 0.25) is 0 Å². The van der Waals surface area contributed by atoms with E-state index in [1.54, 1.807) is 0 Å². The van der Waals surface area contributed by atoms with Crippen molar-refractivity contribution in [1.82, 2.24) is 9.80 Å². The summed E-state index contributed by atoms with van der Waals surface area (Å²) in [5, 5.41) is 0. The summed E-state index contributed by atoms with van der Waals surface area (Å²) in [6, 6.07) is 8.47. The number of rotatable bonds is 1. The zero-order valence-electron chi connectivity index (χ0n) is 15.2. The molecule has 5 heteroatoms. The van der Waals surface area contributed by atoms with Gasteiger partial charge in [-0.05, 0) is 58.1 Å². The van der Waals surface area contributed by atoms with Gasteiger partial charge in [0.25, 0.3) is 5.91 Å². The van der Waals surface area contributed by atoms with Crippen molar-refractivity contribution in [3.05, 3.63) is 35.4 Å². The predicted octanol–water partition coefficient (Wildman–Crippen LogP) is 3.57. The van der Waals surface area contributed by atoms with Gasteiger partial charge in [0.2, 0.25) is 0 Å². The van der Waals surface area contributed by atoms with Gasteiger partial charge in [0, 0.05) is 30.2 Å². The molecule has 0 radical (unpaired) electrons. The molecule has 3 aliphatic heterocycles. The number of hydrogen-bond acceptors (Lipinski definition) is 3. The molecule has 2 fully saturated rings. The fraction of sp³-hybridized carbons (Fsp3) is 0.600. The normalized spacial score (nSPS) is 28.3. The quantitative estimate of drug-likeness (QED) is 0.784. The lowest BCUT2D eigenvalue weighted by Crippen LogP contribution is -2.53. The Morgan fingerprint density at radius 1 is 1.08 bits per heavy atom. The summed E-state index contributed by atoms with van der Waals surface area (Å²) >= 11 is 0. The first kappa shape index (κ1) is 16.4. The summed E-state index contributed by atoms with van der Waals surface area (Å²) < 4.78 is 5.60. The molecule has 2 saturated heterocycles. The van der Waals surface area contributed by atoms with E-state index in [0.29, 0.717) is 6.54 Å². The smallest absolute Gasteiger partial charge is 0.410 e. The van der Waals surface area contributed by atoms with Crippen LogP contribution in [-0.2, 0) is 11.3 Å². The topological polar surface area (TPSA) is 49.9 Å². The Labute approximate surface area is 148 Å². The summed E-state index contributed by atoms with van der Waals surface area (Å²) in [5.41, 5.74) is 1.48. The maximum Gasteiger partial charge on any atom is 0.410 e. The van der Waals surface area contributed by atoms with E-state index in [9.17, 15) is 9.59 Å². The number of amides is 2. The first-order valence-electron chi connectivity index (χ1n) is 9.23. The van der Waals surface area contributed by atoms with Crippen molar-refractivity contribution < 1.29 is 14.3 Å². The molecular weight excluding hydrogens is 316 g/mol. The summed E-state index contributed by atoms with van der Waals surface area (Å²) in [6.07, 6.45) is 3.53. The largest absolute Gasteiger partial charge is 0.444 e. The third-order valence-electron chi connectivity index (χ3n) is 5.60. The fourth-order valence-electron chi connectivity index (χ4n) is 4.59. The molecule has 134 valence electrons. The minimum absolute atomic E-state index is 0.144. The molecule has 2 atom stereocenters. The number of fused-ring (bicyclic) bond motifs is 3. The Hall–Kier alpha value is -2.04. The van der Waals surface area contributed by atoms with Gasteiger partial charge < -0.3 is 14.5 Å². The molecule has 0 aliphatic carbocycles. The molecule has 0 spiro atoms. The third kappa shape index (κ3) is 2.90. The molecule has 2 amide bonds. The van der Waals surface area contributed by atoms with Crippen LogP contribution >= 0.6 is 0 Å². The Balaban J connectivity index is 1.48. The molecule has 5 nitrogen and oxygen atoms in total. The Morgan fingerprint density at radius 3 is 2.32 bits per heavy atom. The summed E-state index contributed by atoms with van der Waals surface area (Å²) in [5.74, 6) is 0.144. The lowest BCUT2D eigenvalue weighted by Gasteiger charge is -2.42. The summed E-state index contributed by atoms with van der Waals surface area (Å²) in [6.45, 7) is 6.41. The molecule has 3 aliphatic rings. The minimum Gasteiger partial charge on any atom is -0.444 e. The minimum atomic E-state index is -0.472. The third-order valence-corrected chi connectivity index (χ3v) is 5.60. The maximum absolute atomic E-state index is 12.8. The van der Waals surface area contributed by atoms with Gasteiger partial charge in [-0.2, -0.15) is 0 Å². The Kier molecular flexibility index (Phi) is 3.78. The molecule has 0 saturated carbocycles. The number of nitrogens with zero attached hydrogens (tertiary/aromatic N) is 2. The Morgan fingerprint density at radius 2 is 1.72 bits per heavy atom. The standard InChI is InChI=1S/C20H26N2O3/c1-20(2,3)25-19(24)22-14-8-9-15(22)11-16(10-14)21-12-13-6-4-5-7-17(13)18(21)23/h4-7,14-16H,8-12H2,1-3H3. The summed E-state index contributed by atoms with van der Waals surface area (Å²) in [7, 11) is 0. The lowest BCUT2D eigenvalue weighted by molar-refractivity contribution is -0.00272. The highest BCUT2D eigenvalue weighted by Gasteiger charge is 2.47. The van der Waals surface area contributed by atoms with Crippen molar-refractivity contribution in [2.75, 3.05) is 0 Å². The fourth-order valence-corrected chi connectivity index (χ4v) is 4.59. The van der Waals surface area contributed by atoms with E-state index in [1.165, 1.54) is 0 Å². The number of carbonyl (C=O) groups excluding carboxylic acids is 2. The number of ether oxygens (including phenoxy) is 1. The molecular formula is C20H26N2O3. The average molecular weight is 342 g/mol. The monoisotopic (exact) mass is 342 g/mol. The molecule has 2 unspecified atom stereocenters. The van der Waals surface area contributed by atoms with E-state index in [1.807, 2.05) is 54.8 Å². The van der Waals surface area contributed by atoms with Crippen LogP contribution in [0.25, 0.3) is 0 Å². The average Bonchev–Trinajstić information content (AvgIpc) is 3.01. The molecule has 1 aromatic carbocycles. The van der Waals surface area contributed by atoms with Crippen molar-refractivity contribution in [2.45, 2.75) is 76.7 Å².